The molecule has 3 heteroatoms. The Morgan fingerprint density at radius 1 is 1.23 bits per heavy atom. The van der Waals surface area contributed by atoms with E-state index in [0.717, 1.165) is 19.4 Å². The summed E-state index contributed by atoms with van der Waals surface area (Å²) in [5.41, 5.74) is -0.188. The monoisotopic (exact) mass is 310 g/mol. The van der Waals surface area contributed by atoms with Crippen LogP contribution in [0.1, 0.15) is 60.8 Å². The molecule has 1 heterocycles. The van der Waals surface area contributed by atoms with E-state index in [-0.39, 0.29) is 11.9 Å². The zero-order valence-corrected chi connectivity index (χ0v) is 15.2. The normalized spacial score (nSPS) is 29.7. The topological polar surface area (TPSA) is 27.7 Å². The molecule has 0 amide bonds. The van der Waals surface area contributed by atoms with Gasteiger partial charge < -0.3 is 14.2 Å². The Morgan fingerprint density at radius 2 is 1.91 bits per heavy atom. The highest BCUT2D eigenvalue weighted by molar-refractivity contribution is 5.07. The highest BCUT2D eigenvalue weighted by Crippen LogP contribution is 2.29. The zero-order chi connectivity index (χ0) is 16.8. The first kappa shape index (κ1) is 19.2. The van der Waals surface area contributed by atoms with Gasteiger partial charge in [0, 0.05) is 5.92 Å². The quantitative estimate of drug-likeness (QED) is 0.373. The molecule has 0 spiro atoms. The summed E-state index contributed by atoms with van der Waals surface area (Å²) in [6.07, 6.45) is 7.39. The second-order valence-corrected chi connectivity index (χ2v) is 7.50. The fourth-order valence-corrected chi connectivity index (χ4v) is 2.62. The number of allylic oxidation sites excluding steroid dienone is 2. The molecular weight excluding hydrogens is 276 g/mol. The Labute approximate surface area is 136 Å². The molecule has 1 aliphatic rings. The molecule has 0 bridgehead atoms. The fourth-order valence-electron chi connectivity index (χ4n) is 2.62. The van der Waals surface area contributed by atoms with Crippen molar-refractivity contribution in [3.63, 3.8) is 0 Å². The van der Waals surface area contributed by atoms with E-state index in [1.54, 1.807) is 0 Å². The first-order chi connectivity index (χ1) is 10.2. The molecule has 0 N–H and O–H groups in total. The predicted octanol–water partition coefficient (Wildman–Crippen LogP) is 5.08. The van der Waals surface area contributed by atoms with E-state index >= 15 is 0 Å². The van der Waals surface area contributed by atoms with Crippen molar-refractivity contribution in [3.05, 3.63) is 24.5 Å². The minimum atomic E-state index is -0.188. The lowest BCUT2D eigenvalue weighted by Crippen LogP contribution is -2.39. The van der Waals surface area contributed by atoms with Gasteiger partial charge in [0.15, 0.2) is 6.29 Å². The Kier molecular flexibility index (Phi) is 7.64. The smallest absolute Gasteiger partial charge is 0.160 e. The summed E-state index contributed by atoms with van der Waals surface area (Å²) in [7, 11) is 0. The predicted molar refractivity (Wildman–Crippen MR) is 91.6 cm³/mol. The van der Waals surface area contributed by atoms with Crippen LogP contribution in [-0.2, 0) is 14.2 Å². The van der Waals surface area contributed by atoms with Gasteiger partial charge in [0.1, 0.15) is 11.4 Å². The summed E-state index contributed by atoms with van der Waals surface area (Å²) in [6, 6.07) is 0. The minimum Gasteiger partial charge on any atom is -0.489 e. The number of hydrogen-bond donors (Lipinski definition) is 0. The molecule has 1 saturated heterocycles. The molecule has 1 aliphatic heterocycles. The Hall–Kier alpha value is -0.800. The van der Waals surface area contributed by atoms with Crippen molar-refractivity contribution in [2.75, 3.05) is 6.61 Å². The minimum absolute atomic E-state index is 0.0469. The van der Waals surface area contributed by atoms with Gasteiger partial charge in [-0.25, -0.2) is 0 Å². The molecule has 4 atom stereocenters. The maximum Gasteiger partial charge on any atom is 0.160 e. The van der Waals surface area contributed by atoms with Gasteiger partial charge >= 0.3 is 0 Å². The van der Waals surface area contributed by atoms with E-state index in [0.29, 0.717) is 23.7 Å². The molecule has 3 nitrogen and oxygen atoms in total. The van der Waals surface area contributed by atoms with Crippen molar-refractivity contribution < 1.29 is 14.2 Å². The van der Waals surface area contributed by atoms with Crippen LogP contribution < -0.4 is 0 Å². The van der Waals surface area contributed by atoms with Crippen molar-refractivity contribution in [1.82, 2.24) is 0 Å². The van der Waals surface area contributed by atoms with Crippen molar-refractivity contribution in [1.29, 1.82) is 0 Å². The lowest BCUT2D eigenvalue weighted by Gasteiger charge is -2.37. The highest BCUT2D eigenvalue weighted by Gasteiger charge is 2.31. The van der Waals surface area contributed by atoms with Gasteiger partial charge in [-0.2, -0.15) is 0 Å². The van der Waals surface area contributed by atoms with Crippen LogP contribution >= 0.6 is 0 Å². The van der Waals surface area contributed by atoms with Crippen LogP contribution in [0.25, 0.3) is 0 Å². The number of rotatable bonds is 7. The highest BCUT2D eigenvalue weighted by atomic mass is 16.7. The van der Waals surface area contributed by atoms with E-state index in [2.05, 4.69) is 33.4 Å². The van der Waals surface area contributed by atoms with Gasteiger partial charge in [0.25, 0.3) is 0 Å². The molecule has 0 radical (unpaired) electrons. The summed E-state index contributed by atoms with van der Waals surface area (Å²) in [6.45, 7) is 17.3. The lowest BCUT2D eigenvalue weighted by atomic mass is 9.90. The third-order valence-corrected chi connectivity index (χ3v) is 3.90. The van der Waals surface area contributed by atoms with E-state index in [4.69, 9.17) is 14.2 Å². The summed E-state index contributed by atoms with van der Waals surface area (Å²) in [5.74, 6) is 1.80. The summed E-state index contributed by atoms with van der Waals surface area (Å²) in [4.78, 5) is 0. The Bertz CT molecular complexity index is 367. The summed E-state index contributed by atoms with van der Waals surface area (Å²) >= 11 is 0. The van der Waals surface area contributed by atoms with Gasteiger partial charge in [-0.15, -0.1) is 0 Å². The molecule has 0 aromatic rings. The molecule has 22 heavy (non-hydrogen) atoms. The molecule has 1 fully saturated rings. The average Bonchev–Trinajstić information content (AvgIpc) is 2.37. The fraction of sp³-hybridized carbons (Fsp3) is 0.789. The van der Waals surface area contributed by atoms with E-state index in [9.17, 15) is 0 Å². The molecule has 0 aromatic heterocycles. The van der Waals surface area contributed by atoms with Crippen molar-refractivity contribution >= 4 is 0 Å². The maximum absolute atomic E-state index is 5.94. The SMILES string of the molecule is C=C(/C=C/CCCO[C@@H]1O[C@@H](C)[C@H](C)C[C@H]1C)OC(C)(C)C. The average molecular weight is 310 g/mol. The molecular formula is C19H34O3. The summed E-state index contributed by atoms with van der Waals surface area (Å²) in [5, 5.41) is 0. The molecule has 0 aliphatic carbocycles. The Balaban J connectivity index is 2.16. The van der Waals surface area contributed by atoms with Crippen LogP contribution in [0, 0.1) is 11.8 Å². The first-order valence-electron chi connectivity index (χ1n) is 8.50. The molecule has 0 unspecified atom stereocenters. The zero-order valence-electron chi connectivity index (χ0n) is 15.2. The number of unbranched alkanes of at least 4 members (excludes halogenated alkanes) is 1. The van der Waals surface area contributed by atoms with Crippen LogP contribution in [0.2, 0.25) is 0 Å². The Morgan fingerprint density at radius 3 is 2.55 bits per heavy atom. The van der Waals surface area contributed by atoms with Crippen LogP contribution in [0.15, 0.2) is 24.5 Å². The van der Waals surface area contributed by atoms with Gasteiger partial charge in [-0.1, -0.05) is 26.5 Å². The number of ether oxygens (including phenoxy) is 3. The van der Waals surface area contributed by atoms with Crippen molar-refractivity contribution in [2.45, 2.75) is 78.8 Å². The number of hydrogen-bond acceptors (Lipinski definition) is 3. The molecule has 1 rings (SSSR count). The second-order valence-electron chi connectivity index (χ2n) is 7.50. The lowest BCUT2D eigenvalue weighted by molar-refractivity contribution is -0.227. The van der Waals surface area contributed by atoms with Gasteiger partial charge in [-0.3, -0.25) is 0 Å². The molecule has 128 valence electrons. The van der Waals surface area contributed by atoms with Crippen molar-refractivity contribution in [3.8, 4) is 0 Å². The first-order valence-corrected chi connectivity index (χ1v) is 8.50. The molecule has 0 saturated carbocycles. The standard InChI is InChI=1S/C19H34O3/c1-14-13-15(2)18(21-17(14)4)20-12-10-8-9-11-16(3)22-19(5,6)7/h9,11,14-15,17-18H,3,8,10,12-13H2,1-2,4-7H3/b11-9+/t14-,15-,17+,18-/m1/s1. The van der Waals surface area contributed by atoms with Crippen molar-refractivity contribution in [2.24, 2.45) is 11.8 Å². The third kappa shape index (κ3) is 7.46. The van der Waals surface area contributed by atoms with Crippen LogP contribution in [0.4, 0.5) is 0 Å². The van der Waals surface area contributed by atoms with E-state index < -0.39 is 0 Å². The van der Waals surface area contributed by atoms with Gasteiger partial charge in [0.05, 0.1) is 12.7 Å². The summed E-state index contributed by atoms with van der Waals surface area (Å²) < 4.78 is 17.5. The molecule has 0 aromatic carbocycles. The van der Waals surface area contributed by atoms with E-state index in [1.165, 1.54) is 6.42 Å². The second kappa shape index (κ2) is 8.73. The van der Waals surface area contributed by atoms with E-state index in [1.807, 2.05) is 26.8 Å². The van der Waals surface area contributed by atoms with Gasteiger partial charge in [0.2, 0.25) is 0 Å². The van der Waals surface area contributed by atoms with Gasteiger partial charge in [-0.05, 0) is 59.0 Å². The maximum atomic E-state index is 5.94. The van der Waals surface area contributed by atoms with Crippen LogP contribution in [0.3, 0.4) is 0 Å². The largest absolute Gasteiger partial charge is 0.489 e. The third-order valence-electron chi connectivity index (χ3n) is 3.90. The van der Waals surface area contributed by atoms with Crippen LogP contribution in [0.5, 0.6) is 0 Å². The van der Waals surface area contributed by atoms with Crippen LogP contribution in [-0.4, -0.2) is 24.6 Å².